The summed E-state index contributed by atoms with van der Waals surface area (Å²) in [5.74, 6) is 0.798. The van der Waals surface area contributed by atoms with Crippen molar-refractivity contribution in [3.05, 3.63) is 198 Å². The predicted molar refractivity (Wildman–Crippen MR) is 233 cm³/mol. The van der Waals surface area contributed by atoms with Crippen LogP contribution < -0.4 is 10.2 Å². The van der Waals surface area contributed by atoms with Gasteiger partial charge in [-0.2, -0.15) is 0 Å². The number of anilines is 2. The molecule has 0 spiro atoms. The third-order valence-electron chi connectivity index (χ3n) is 11.7. The zero-order valence-corrected chi connectivity index (χ0v) is 31.4. The van der Waals surface area contributed by atoms with Crippen molar-refractivity contribution in [2.75, 3.05) is 4.90 Å². The van der Waals surface area contributed by atoms with E-state index in [-0.39, 0.29) is 11.5 Å². The second-order valence-corrected chi connectivity index (χ2v) is 16.3. The van der Waals surface area contributed by atoms with Gasteiger partial charge >= 0.3 is 0 Å². The Balaban J connectivity index is 1.09. The van der Waals surface area contributed by atoms with Gasteiger partial charge in [0.25, 0.3) is 0 Å². The van der Waals surface area contributed by atoms with E-state index < -0.39 is 0 Å². The second kappa shape index (κ2) is 12.3. The van der Waals surface area contributed by atoms with Gasteiger partial charge in [-0.1, -0.05) is 141 Å². The fraction of sp³-hybridized carbons (Fsp3) is 0.0784. The number of hydrogen-bond donors (Lipinski definition) is 1. The van der Waals surface area contributed by atoms with E-state index in [0.29, 0.717) is 0 Å². The van der Waals surface area contributed by atoms with E-state index in [0.717, 1.165) is 23.0 Å². The Morgan fingerprint density at radius 1 is 0.545 bits per heavy atom. The van der Waals surface area contributed by atoms with Gasteiger partial charge < -0.3 is 5.32 Å². The minimum atomic E-state index is -0.137. The van der Waals surface area contributed by atoms with Gasteiger partial charge in [0.2, 0.25) is 5.96 Å². The van der Waals surface area contributed by atoms with Crippen LogP contribution in [-0.4, -0.2) is 5.96 Å². The molecule has 2 aliphatic rings. The fourth-order valence-corrected chi connectivity index (χ4v) is 10.2. The van der Waals surface area contributed by atoms with Crippen LogP contribution in [-0.2, 0) is 5.41 Å². The molecule has 0 amide bonds. The molecule has 0 bridgehead atoms. The van der Waals surface area contributed by atoms with Crippen molar-refractivity contribution in [2.45, 2.75) is 25.3 Å². The van der Waals surface area contributed by atoms with Crippen molar-refractivity contribution in [1.82, 2.24) is 5.32 Å². The monoisotopic (exact) mass is 723 g/mol. The first-order valence-electron chi connectivity index (χ1n) is 19.0. The summed E-state index contributed by atoms with van der Waals surface area (Å²) in [6.07, 6.45) is 0. The fourth-order valence-electron chi connectivity index (χ4n) is 8.98. The van der Waals surface area contributed by atoms with E-state index in [1.807, 2.05) is 11.3 Å². The number of para-hydroxylation sites is 1. The molecule has 4 heteroatoms. The summed E-state index contributed by atoms with van der Waals surface area (Å²) in [5.41, 5.74) is 13.1. The Morgan fingerprint density at radius 3 is 2.07 bits per heavy atom. The summed E-state index contributed by atoms with van der Waals surface area (Å²) in [6.45, 7) is 4.69. The number of thiophene rings is 1. The molecule has 0 fully saturated rings. The van der Waals surface area contributed by atoms with Crippen molar-refractivity contribution >= 4 is 65.3 Å². The van der Waals surface area contributed by atoms with Gasteiger partial charge in [0.15, 0.2) is 0 Å². The van der Waals surface area contributed by atoms with Crippen LogP contribution >= 0.6 is 11.3 Å². The molecule has 8 aromatic carbocycles. The standard InChI is InChI=1S/C51H37N3S/c1-51(2)43-20-10-8-17-38(43)39-28-27-37(31-44(39)51)54(36-25-23-33(24-26-36)32-13-4-3-5-14-32)50-52-45-21-11-9-18-40(45)49(53-50)41-19-12-22-46-48(41)42-29-34-15-6-7-16-35(34)30-47(42)55-46/h3-31,49H,1-2H3,(H,52,53). The van der Waals surface area contributed by atoms with E-state index in [1.165, 1.54) is 75.5 Å². The lowest BCUT2D eigenvalue weighted by molar-refractivity contribution is 0.660. The van der Waals surface area contributed by atoms with Gasteiger partial charge in [-0.15, -0.1) is 11.3 Å². The van der Waals surface area contributed by atoms with E-state index in [1.54, 1.807) is 0 Å². The smallest absolute Gasteiger partial charge is 0.209 e. The van der Waals surface area contributed by atoms with E-state index >= 15 is 0 Å². The molecule has 262 valence electrons. The second-order valence-electron chi connectivity index (χ2n) is 15.2. The first kappa shape index (κ1) is 32.0. The minimum Gasteiger partial charge on any atom is -0.344 e. The van der Waals surface area contributed by atoms with Crippen LogP contribution in [0.2, 0.25) is 0 Å². The van der Waals surface area contributed by atoms with Crippen LogP contribution in [0, 0.1) is 0 Å². The van der Waals surface area contributed by atoms with Crippen LogP contribution in [0.4, 0.5) is 17.1 Å². The normalized spacial score (nSPS) is 15.3. The molecule has 9 aromatic rings. The number of rotatable bonds is 4. The minimum absolute atomic E-state index is 0.127. The van der Waals surface area contributed by atoms with Crippen molar-refractivity contribution in [2.24, 2.45) is 4.99 Å². The van der Waals surface area contributed by atoms with Crippen LogP contribution in [0.3, 0.4) is 0 Å². The van der Waals surface area contributed by atoms with Crippen LogP contribution in [0.15, 0.2) is 181 Å². The molecule has 1 aliphatic carbocycles. The van der Waals surface area contributed by atoms with Gasteiger partial charge in [0, 0.05) is 42.5 Å². The van der Waals surface area contributed by atoms with Gasteiger partial charge in [-0.25, -0.2) is 4.99 Å². The Labute approximate surface area is 324 Å². The van der Waals surface area contributed by atoms with Crippen LogP contribution in [0.5, 0.6) is 0 Å². The Hall–Kier alpha value is -6.49. The molecule has 2 heterocycles. The highest BCUT2D eigenvalue weighted by atomic mass is 32.1. The third kappa shape index (κ3) is 5.06. The van der Waals surface area contributed by atoms with Gasteiger partial charge in [0.1, 0.15) is 0 Å². The molecule has 1 unspecified atom stereocenters. The number of benzene rings is 8. The van der Waals surface area contributed by atoms with Crippen molar-refractivity contribution < 1.29 is 0 Å². The molecule has 55 heavy (non-hydrogen) atoms. The molecule has 0 radical (unpaired) electrons. The maximum atomic E-state index is 5.43. The molecule has 1 N–H and O–H groups in total. The highest BCUT2D eigenvalue weighted by Crippen LogP contribution is 2.50. The Kier molecular flexibility index (Phi) is 7.14. The molecule has 1 aromatic heterocycles. The lowest BCUT2D eigenvalue weighted by atomic mass is 9.82. The van der Waals surface area contributed by atoms with Crippen molar-refractivity contribution in [3.8, 4) is 22.3 Å². The van der Waals surface area contributed by atoms with Crippen molar-refractivity contribution in [1.29, 1.82) is 0 Å². The number of nitrogens with one attached hydrogen (secondary N) is 1. The summed E-state index contributed by atoms with van der Waals surface area (Å²) in [7, 11) is 0. The Morgan fingerprint density at radius 2 is 1.22 bits per heavy atom. The number of nitrogens with zero attached hydrogens (tertiary/aromatic N) is 2. The summed E-state index contributed by atoms with van der Waals surface area (Å²) < 4.78 is 2.60. The Bertz CT molecular complexity index is 2990. The highest BCUT2D eigenvalue weighted by Gasteiger charge is 2.36. The predicted octanol–water partition coefficient (Wildman–Crippen LogP) is 13.7. The largest absolute Gasteiger partial charge is 0.344 e. The maximum absolute atomic E-state index is 5.43. The zero-order chi connectivity index (χ0) is 36.7. The summed E-state index contributed by atoms with van der Waals surface area (Å²) >= 11 is 1.87. The zero-order valence-electron chi connectivity index (χ0n) is 30.6. The summed E-state index contributed by atoms with van der Waals surface area (Å²) in [4.78, 5) is 7.75. The average Bonchev–Trinajstić information content (AvgIpc) is 3.71. The van der Waals surface area contributed by atoms with Crippen LogP contribution in [0.25, 0.3) is 53.2 Å². The third-order valence-corrected chi connectivity index (χ3v) is 12.8. The molecule has 3 nitrogen and oxygen atoms in total. The van der Waals surface area contributed by atoms with Gasteiger partial charge in [0.05, 0.1) is 11.7 Å². The highest BCUT2D eigenvalue weighted by molar-refractivity contribution is 7.26. The number of hydrogen-bond acceptors (Lipinski definition) is 4. The summed E-state index contributed by atoms with van der Waals surface area (Å²) in [5, 5.41) is 9.17. The van der Waals surface area contributed by atoms with E-state index in [2.05, 4.69) is 200 Å². The van der Waals surface area contributed by atoms with Crippen LogP contribution in [0.1, 0.15) is 42.1 Å². The lowest BCUT2D eigenvalue weighted by Gasteiger charge is -2.35. The topological polar surface area (TPSA) is 27.6 Å². The molecule has 11 rings (SSSR count). The van der Waals surface area contributed by atoms with Crippen molar-refractivity contribution in [3.63, 3.8) is 0 Å². The number of fused-ring (bicyclic) bond motifs is 8. The van der Waals surface area contributed by atoms with Gasteiger partial charge in [-0.05, 0) is 98.2 Å². The number of guanidine groups is 1. The maximum Gasteiger partial charge on any atom is 0.209 e. The SMILES string of the molecule is CC1(C)c2ccccc2-c2ccc(N(C3=Nc4ccccc4C(c4cccc5sc6cc7ccccc7cc6c45)N3)c3ccc(-c4ccccc4)cc3)cc21. The molecular formula is C51H37N3S. The first-order valence-corrected chi connectivity index (χ1v) is 19.8. The average molecular weight is 724 g/mol. The van der Waals surface area contributed by atoms with Gasteiger partial charge in [-0.3, -0.25) is 4.90 Å². The summed E-state index contributed by atoms with van der Waals surface area (Å²) in [6, 6.07) is 64.0. The number of aliphatic imine (C=N–C) groups is 1. The molecule has 0 saturated carbocycles. The molecule has 1 atom stereocenters. The molecular weight excluding hydrogens is 687 g/mol. The first-order chi connectivity index (χ1) is 27.0. The van der Waals surface area contributed by atoms with E-state index in [4.69, 9.17) is 4.99 Å². The van der Waals surface area contributed by atoms with E-state index in [9.17, 15) is 0 Å². The molecule has 0 saturated heterocycles. The lowest BCUT2D eigenvalue weighted by Crippen LogP contribution is -2.42. The quantitative estimate of drug-likeness (QED) is 0.196. The molecule has 1 aliphatic heterocycles.